The number of aliphatic hydroxyl groups excluding tert-OH is 1. The number of aliphatic hydroxyl groups is 1. The van der Waals surface area contributed by atoms with Gasteiger partial charge in [-0.15, -0.1) is 5.06 Å². The van der Waals surface area contributed by atoms with Crippen molar-refractivity contribution < 1.29 is 14.7 Å². The third kappa shape index (κ3) is 4.33. The Morgan fingerprint density at radius 1 is 1.14 bits per heavy atom. The molecule has 0 radical (unpaired) electrons. The van der Waals surface area contributed by atoms with Crippen molar-refractivity contribution in [2.75, 3.05) is 13.1 Å². The van der Waals surface area contributed by atoms with Crippen molar-refractivity contribution >= 4 is 17.0 Å². The average Bonchev–Trinajstić information content (AvgIpc) is 3.17. The molecule has 4 rings (SSSR count). The minimum absolute atomic E-state index is 0.305. The molecule has 6 nitrogen and oxygen atoms in total. The Morgan fingerprint density at radius 2 is 1.86 bits per heavy atom. The highest BCUT2D eigenvalue weighted by Crippen LogP contribution is 2.29. The molecule has 152 valence electrons. The molecule has 0 saturated carbocycles. The SMILES string of the molecule is CC(C)c1ccc2[nH]c(C3CCN(OC(=O)[C@H](O)c4ccccc4)CC3)nc2c1. The van der Waals surface area contributed by atoms with E-state index in [4.69, 9.17) is 9.82 Å². The number of hydrogen-bond acceptors (Lipinski definition) is 5. The standard InChI is InChI=1S/C23H27N3O3/c1-15(2)18-8-9-19-20(14-18)25-22(24-19)17-10-12-26(13-11-17)29-23(28)21(27)16-6-4-3-5-7-16/h3-9,14-15,17,21,27H,10-13H2,1-2H3,(H,24,25)/t21-/m1/s1. The maximum absolute atomic E-state index is 12.2. The van der Waals surface area contributed by atoms with Crippen LogP contribution in [0.25, 0.3) is 11.0 Å². The Hall–Kier alpha value is -2.70. The van der Waals surface area contributed by atoms with Crippen LogP contribution in [-0.4, -0.2) is 39.2 Å². The fraction of sp³-hybridized carbons (Fsp3) is 0.391. The lowest BCUT2D eigenvalue weighted by molar-refractivity contribution is -0.205. The molecule has 1 aliphatic heterocycles. The first-order valence-electron chi connectivity index (χ1n) is 10.2. The van der Waals surface area contributed by atoms with E-state index >= 15 is 0 Å². The molecule has 2 aromatic carbocycles. The van der Waals surface area contributed by atoms with Crippen LogP contribution in [0.15, 0.2) is 48.5 Å². The van der Waals surface area contributed by atoms with E-state index in [1.807, 2.05) is 6.07 Å². The molecule has 6 heteroatoms. The largest absolute Gasteiger partial charge is 0.377 e. The Labute approximate surface area is 170 Å². The normalized spacial score (nSPS) is 17.0. The molecule has 0 bridgehead atoms. The Morgan fingerprint density at radius 3 is 2.55 bits per heavy atom. The quantitative estimate of drug-likeness (QED) is 0.683. The van der Waals surface area contributed by atoms with Crippen LogP contribution in [0.3, 0.4) is 0 Å². The van der Waals surface area contributed by atoms with E-state index in [-0.39, 0.29) is 0 Å². The smallest absolute Gasteiger partial charge is 0.358 e. The molecule has 1 aromatic heterocycles. The minimum Gasteiger partial charge on any atom is -0.377 e. The van der Waals surface area contributed by atoms with Crippen molar-refractivity contribution in [1.82, 2.24) is 15.0 Å². The van der Waals surface area contributed by atoms with Crippen molar-refractivity contribution in [2.45, 2.75) is 44.6 Å². The fourth-order valence-corrected chi connectivity index (χ4v) is 3.76. The number of benzene rings is 2. The van der Waals surface area contributed by atoms with E-state index in [1.54, 1.807) is 29.3 Å². The van der Waals surface area contributed by atoms with Crippen molar-refractivity contribution in [3.63, 3.8) is 0 Å². The van der Waals surface area contributed by atoms with Gasteiger partial charge in [0.25, 0.3) is 0 Å². The zero-order chi connectivity index (χ0) is 20.4. The van der Waals surface area contributed by atoms with Crippen LogP contribution in [0, 0.1) is 0 Å². The lowest BCUT2D eigenvalue weighted by atomic mass is 9.97. The first-order valence-corrected chi connectivity index (χ1v) is 10.2. The molecule has 29 heavy (non-hydrogen) atoms. The van der Waals surface area contributed by atoms with Gasteiger partial charge in [0.2, 0.25) is 0 Å². The van der Waals surface area contributed by atoms with Gasteiger partial charge in [-0.25, -0.2) is 9.78 Å². The predicted molar refractivity (Wildman–Crippen MR) is 111 cm³/mol. The van der Waals surface area contributed by atoms with Gasteiger partial charge in [-0.3, -0.25) is 0 Å². The zero-order valence-corrected chi connectivity index (χ0v) is 16.8. The van der Waals surface area contributed by atoms with Crippen molar-refractivity contribution in [3.8, 4) is 0 Å². The summed E-state index contributed by atoms with van der Waals surface area (Å²) in [5.74, 6) is 1.14. The number of hydroxylamine groups is 2. The van der Waals surface area contributed by atoms with Crippen molar-refractivity contribution in [3.05, 3.63) is 65.5 Å². The van der Waals surface area contributed by atoms with Crippen LogP contribution in [0.5, 0.6) is 0 Å². The number of carbonyl (C=O) groups excluding carboxylic acids is 1. The van der Waals surface area contributed by atoms with E-state index < -0.39 is 12.1 Å². The molecule has 1 atom stereocenters. The lowest BCUT2D eigenvalue weighted by Gasteiger charge is -2.30. The van der Waals surface area contributed by atoms with Gasteiger partial charge in [0.15, 0.2) is 6.10 Å². The molecule has 1 fully saturated rings. The van der Waals surface area contributed by atoms with Gasteiger partial charge in [0, 0.05) is 19.0 Å². The summed E-state index contributed by atoms with van der Waals surface area (Å²) in [6, 6.07) is 15.2. The Bertz CT molecular complexity index is 975. The molecule has 0 aliphatic carbocycles. The molecular formula is C23H27N3O3. The van der Waals surface area contributed by atoms with Crippen molar-refractivity contribution in [1.29, 1.82) is 0 Å². The van der Waals surface area contributed by atoms with Gasteiger partial charge in [0.05, 0.1) is 11.0 Å². The molecule has 2 N–H and O–H groups in total. The number of aromatic amines is 1. The summed E-state index contributed by atoms with van der Waals surface area (Å²) in [5.41, 5.74) is 3.89. The second kappa shape index (κ2) is 8.35. The van der Waals surface area contributed by atoms with Crippen LogP contribution in [0.4, 0.5) is 0 Å². The predicted octanol–water partition coefficient (Wildman–Crippen LogP) is 4.06. The van der Waals surface area contributed by atoms with Crippen LogP contribution in [-0.2, 0) is 9.63 Å². The van der Waals surface area contributed by atoms with Crippen molar-refractivity contribution in [2.24, 2.45) is 0 Å². The highest BCUT2D eigenvalue weighted by atomic mass is 16.7. The maximum Gasteiger partial charge on any atom is 0.358 e. The molecular weight excluding hydrogens is 366 g/mol. The molecule has 0 spiro atoms. The first kappa shape index (κ1) is 19.6. The number of aromatic nitrogens is 2. The molecule has 1 aliphatic rings. The Balaban J connectivity index is 1.35. The zero-order valence-electron chi connectivity index (χ0n) is 16.8. The monoisotopic (exact) mass is 393 g/mol. The van der Waals surface area contributed by atoms with Crippen LogP contribution in [0.2, 0.25) is 0 Å². The van der Waals surface area contributed by atoms with E-state index in [1.165, 1.54) is 5.56 Å². The van der Waals surface area contributed by atoms with Gasteiger partial charge in [0.1, 0.15) is 5.82 Å². The number of piperidine rings is 1. The van der Waals surface area contributed by atoms with E-state index in [0.717, 1.165) is 29.7 Å². The number of fused-ring (bicyclic) bond motifs is 1. The summed E-state index contributed by atoms with van der Waals surface area (Å²) in [7, 11) is 0. The maximum atomic E-state index is 12.2. The van der Waals surface area contributed by atoms with Crippen LogP contribution in [0.1, 0.15) is 61.6 Å². The highest BCUT2D eigenvalue weighted by Gasteiger charge is 2.28. The third-order valence-electron chi connectivity index (χ3n) is 5.59. The third-order valence-corrected chi connectivity index (χ3v) is 5.59. The molecule has 1 saturated heterocycles. The summed E-state index contributed by atoms with van der Waals surface area (Å²) < 4.78 is 0. The van der Waals surface area contributed by atoms with Crippen LogP contribution >= 0.6 is 0 Å². The molecule has 0 amide bonds. The van der Waals surface area contributed by atoms with Gasteiger partial charge in [-0.2, -0.15) is 0 Å². The summed E-state index contributed by atoms with van der Waals surface area (Å²) in [4.78, 5) is 25.9. The van der Waals surface area contributed by atoms with E-state index in [2.05, 4.69) is 37.0 Å². The number of rotatable bonds is 5. The number of nitrogens with one attached hydrogen (secondary N) is 1. The number of imidazole rings is 1. The van der Waals surface area contributed by atoms with Gasteiger partial charge in [-0.05, 0) is 42.0 Å². The first-order chi connectivity index (χ1) is 14.0. The number of carbonyl (C=O) groups is 1. The minimum atomic E-state index is -1.26. The average molecular weight is 393 g/mol. The van der Waals surface area contributed by atoms with Gasteiger partial charge >= 0.3 is 5.97 Å². The summed E-state index contributed by atoms with van der Waals surface area (Å²) >= 11 is 0. The second-order valence-electron chi connectivity index (χ2n) is 7.98. The number of hydrogen-bond donors (Lipinski definition) is 2. The highest BCUT2D eigenvalue weighted by molar-refractivity contribution is 5.76. The fourth-order valence-electron chi connectivity index (χ4n) is 3.76. The lowest BCUT2D eigenvalue weighted by Crippen LogP contribution is -2.36. The molecule has 3 aromatic rings. The topological polar surface area (TPSA) is 78.5 Å². The van der Waals surface area contributed by atoms with E-state index in [0.29, 0.717) is 30.5 Å². The number of H-pyrrole nitrogens is 1. The summed E-state index contributed by atoms with van der Waals surface area (Å²) in [6.07, 6.45) is 0.413. The van der Waals surface area contributed by atoms with Gasteiger partial charge in [-0.1, -0.05) is 50.2 Å². The summed E-state index contributed by atoms with van der Waals surface area (Å²) in [5, 5.41) is 11.8. The Kier molecular flexibility index (Phi) is 5.65. The van der Waals surface area contributed by atoms with Gasteiger partial charge < -0.3 is 14.9 Å². The van der Waals surface area contributed by atoms with Crippen LogP contribution < -0.4 is 0 Å². The van der Waals surface area contributed by atoms with E-state index in [9.17, 15) is 9.90 Å². The molecule has 0 unspecified atom stereocenters. The summed E-state index contributed by atoms with van der Waals surface area (Å²) in [6.45, 7) is 5.60. The second-order valence-corrected chi connectivity index (χ2v) is 7.98. The number of nitrogens with zero attached hydrogens (tertiary/aromatic N) is 2. The molecule has 2 heterocycles.